The van der Waals surface area contributed by atoms with Crippen molar-refractivity contribution in [2.75, 3.05) is 23.9 Å². The fourth-order valence-corrected chi connectivity index (χ4v) is 6.60. The van der Waals surface area contributed by atoms with Crippen molar-refractivity contribution >= 4 is 31.9 Å². The zero-order chi connectivity index (χ0) is 30.9. The summed E-state index contributed by atoms with van der Waals surface area (Å²) >= 11 is 7.03. The second-order valence-corrected chi connectivity index (χ2v) is 14.5. The van der Waals surface area contributed by atoms with Crippen molar-refractivity contribution in [2.45, 2.75) is 105 Å². The van der Waals surface area contributed by atoms with Gasteiger partial charge in [0.15, 0.2) is 0 Å². The molecule has 0 saturated heterocycles. The smallest absolute Gasteiger partial charge is 0.125 e. The highest BCUT2D eigenvalue weighted by molar-refractivity contribution is 9.09. The lowest BCUT2D eigenvalue weighted by Crippen LogP contribution is -2.22. The largest absolute Gasteiger partial charge is 0.493 e. The number of hydrogen-bond donors (Lipinski definition) is 0. The summed E-state index contributed by atoms with van der Waals surface area (Å²) in [5.41, 5.74) is 9.92. The van der Waals surface area contributed by atoms with Crippen molar-refractivity contribution in [2.24, 2.45) is 0 Å². The van der Waals surface area contributed by atoms with Crippen LogP contribution < -0.4 is 9.47 Å². The third kappa shape index (κ3) is 8.65. The molecule has 0 spiro atoms. The van der Waals surface area contributed by atoms with Gasteiger partial charge in [0.1, 0.15) is 11.5 Å². The van der Waals surface area contributed by atoms with Gasteiger partial charge in [-0.05, 0) is 111 Å². The molecule has 0 aliphatic rings. The molecule has 0 N–H and O–H groups in total. The number of alkyl halides is 2. The number of aryl methyl sites for hydroxylation is 4. The van der Waals surface area contributed by atoms with Crippen LogP contribution in [0.25, 0.3) is 0 Å². The van der Waals surface area contributed by atoms with Crippen LogP contribution in [-0.4, -0.2) is 23.9 Å². The van der Waals surface area contributed by atoms with Crippen molar-refractivity contribution < 1.29 is 9.47 Å². The van der Waals surface area contributed by atoms with E-state index in [0.717, 1.165) is 48.2 Å². The Morgan fingerprint density at radius 2 is 0.786 bits per heavy atom. The van der Waals surface area contributed by atoms with Crippen LogP contribution in [0, 0.1) is 27.7 Å². The van der Waals surface area contributed by atoms with Gasteiger partial charge >= 0.3 is 0 Å². The zero-order valence-corrected chi connectivity index (χ0v) is 30.4. The molecule has 0 aliphatic heterocycles. The van der Waals surface area contributed by atoms with E-state index in [1.807, 2.05) is 0 Å². The molecule has 0 bridgehead atoms. The number of benzene rings is 3. The van der Waals surface area contributed by atoms with Crippen LogP contribution in [-0.2, 0) is 10.8 Å². The van der Waals surface area contributed by atoms with Crippen molar-refractivity contribution in [3.63, 3.8) is 0 Å². The van der Waals surface area contributed by atoms with Gasteiger partial charge in [0.25, 0.3) is 0 Å². The Morgan fingerprint density at radius 1 is 0.476 bits per heavy atom. The minimum absolute atomic E-state index is 0.118. The van der Waals surface area contributed by atoms with E-state index < -0.39 is 0 Å². The Labute approximate surface area is 273 Å². The number of ether oxygens (including phenoxy) is 2. The van der Waals surface area contributed by atoms with Gasteiger partial charge in [0, 0.05) is 21.5 Å². The fraction of sp³-hybridized carbons (Fsp3) is 0.526. The number of halogens is 2. The van der Waals surface area contributed by atoms with E-state index in [0.29, 0.717) is 0 Å². The summed E-state index contributed by atoms with van der Waals surface area (Å²) in [6, 6.07) is 18.5. The third-order valence-electron chi connectivity index (χ3n) is 8.74. The molecule has 0 saturated carbocycles. The second kappa shape index (κ2) is 15.8. The lowest BCUT2D eigenvalue weighted by molar-refractivity contribution is 0.302. The Kier molecular flexibility index (Phi) is 13.1. The number of unbranched alkanes of at least 4 members (excludes halogenated alkanes) is 4. The van der Waals surface area contributed by atoms with Gasteiger partial charge in [0.2, 0.25) is 0 Å². The van der Waals surface area contributed by atoms with E-state index >= 15 is 0 Å². The highest BCUT2D eigenvalue weighted by atomic mass is 79.9. The van der Waals surface area contributed by atoms with E-state index in [1.165, 1.54) is 70.2 Å². The zero-order valence-electron chi connectivity index (χ0n) is 27.3. The molecule has 230 valence electrons. The van der Waals surface area contributed by atoms with Crippen LogP contribution in [0.1, 0.15) is 111 Å². The van der Waals surface area contributed by atoms with E-state index in [4.69, 9.17) is 9.47 Å². The molecule has 0 aliphatic carbocycles. The summed E-state index contributed by atoms with van der Waals surface area (Å²) in [5.74, 6) is 2.09. The van der Waals surface area contributed by atoms with Crippen LogP contribution in [0.5, 0.6) is 11.5 Å². The highest BCUT2D eigenvalue weighted by Gasteiger charge is 2.28. The van der Waals surface area contributed by atoms with Crippen LogP contribution >= 0.6 is 31.9 Å². The summed E-state index contributed by atoms with van der Waals surface area (Å²) in [6.07, 6.45) is 6.97. The summed E-state index contributed by atoms with van der Waals surface area (Å²) in [5, 5.41) is 2.13. The van der Waals surface area contributed by atoms with Gasteiger partial charge < -0.3 is 9.47 Å². The summed E-state index contributed by atoms with van der Waals surface area (Å²) in [4.78, 5) is 0. The first kappa shape index (κ1) is 34.7. The standard InChI is InChI=1S/C38H52Br2O2/c1-27-23-33(24-28(2)35(27)41-21-13-9-11-19-39)37(5,6)31-15-17-32(18-16-31)38(7,8)34-25-29(3)36(30(4)26-34)42-22-14-10-12-20-40/h15-18,23-26H,9-14,19-22H2,1-8H3. The van der Waals surface area contributed by atoms with Gasteiger partial charge in [-0.2, -0.15) is 0 Å². The third-order valence-corrected chi connectivity index (χ3v) is 9.86. The average Bonchev–Trinajstić information content (AvgIpc) is 2.95. The van der Waals surface area contributed by atoms with Crippen molar-refractivity contribution in [1.29, 1.82) is 0 Å². The highest BCUT2D eigenvalue weighted by Crippen LogP contribution is 2.39. The lowest BCUT2D eigenvalue weighted by atomic mass is 9.74. The molecular weight excluding hydrogens is 648 g/mol. The first-order valence-electron chi connectivity index (χ1n) is 15.7. The molecule has 0 amide bonds. The molecule has 4 heteroatoms. The summed E-state index contributed by atoms with van der Waals surface area (Å²) in [7, 11) is 0. The Morgan fingerprint density at radius 3 is 1.07 bits per heavy atom. The Hall–Kier alpha value is -1.78. The maximum Gasteiger partial charge on any atom is 0.125 e. The number of hydrogen-bond acceptors (Lipinski definition) is 2. The molecule has 0 heterocycles. The van der Waals surface area contributed by atoms with Crippen LogP contribution in [0.4, 0.5) is 0 Å². The van der Waals surface area contributed by atoms with E-state index in [9.17, 15) is 0 Å². The minimum atomic E-state index is -0.118. The van der Waals surface area contributed by atoms with Crippen LogP contribution in [0.15, 0.2) is 48.5 Å². The molecule has 0 atom stereocenters. The molecule has 3 rings (SSSR count). The van der Waals surface area contributed by atoms with Gasteiger partial charge in [-0.25, -0.2) is 0 Å². The normalized spacial score (nSPS) is 12.0. The van der Waals surface area contributed by atoms with E-state index in [-0.39, 0.29) is 10.8 Å². The Balaban J connectivity index is 1.77. The first-order chi connectivity index (χ1) is 19.9. The maximum absolute atomic E-state index is 6.22. The maximum atomic E-state index is 6.22. The van der Waals surface area contributed by atoms with E-state index in [1.54, 1.807) is 0 Å². The molecule has 0 radical (unpaired) electrons. The first-order valence-corrected chi connectivity index (χ1v) is 17.9. The molecular formula is C38H52Br2O2. The quantitative estimate of drug-likeness (QED) is 0.109. The molecule has 0 fully saturated rings. The molecule has 2 nitrogen and oxygen atoms in total. The molecule has 3 aromatic carbocycles. The lowest BCUT2D eigenvalue weighted by Gasteiger charge is -2.31. The van der Waals surface area contributed by atoms with Crippen molar-refractivity contribution in [1.82, 2.24) is 0 Å². The fourth-order valence-electron chi connectivity index (χ4n) is 5.81. The van der Waals surface area contributed by atoms with E-state index in [2.05, 4.69) is 136 Å². The predicted molar refractivity (Wildman–Crippen MR) is 189 cm³/mol. The minimum Gasteiger partial charge on any atom is -0.493 e. The van der Waals surface area contributed by atoms with Gasteiger partial charge in [-0.1, -0.05) is 108 Å². The topological polar surface area (TPSA) is 18.5 Å². The second-order valence-electron chi connectivity index (χ2n) is 12.9. The summed E-state index contributed by atoms with van der Waals surface area (Å²) < 4.78 is 12.4. The molecule has 42 heavy (non-hydrogen) atoms. The van der Waals surface area contributed by atoms with Crippen molar-refractivity contribution in [3.8, 4) is 11.5 Å². The van der Waals surface area contributed by atoms with Crippen LogP contribution in [0.3, 0.4) is 0 Å². The van der Waals surface area contributed by atoms with Crippen molar-refractivity contribution in [3.05, 3.63) is 93.0 Å². The molecule has 0 aromatic heterocycles. The monoisotopic (exact) mass is 698 g/mol. The Bertz CT molecular complexity index is 1140. The molecule has 3 aromatic rings. The van der Waals surface area contributed by atoms with Gasteiger partial charge in [-0.15, -0.1) is 0 Å². The predicted octanol–water partition coefficient (Wildman–Crippen LogP) is 11.5. The van der Waals surface area contributed by atoms with Gasteiger partial charge in [0.05, 0.1) is 13.2 Å². The molecule has 0 unspecified atom stereocenters. The van der Waals surface area contributed by atoms with Crippen LogP contribution in [0.2, 0.25) is 0 Å². The number of rotatable bonds is 16. The SMILES string of the molecule is Cc1cc(C(C)(C)c2ccc(C(C)(C)c3cc(C)c(OCCCCCBr)c(C)c3)cc2)cc(C)c1OCCCCCBr. The van der Waals surface area contributed by atoms with Gasteiger partial charge in [-0.3, -0.25) is 0 Å². The summed E-state index contributed by atoms with van der Waals surface area (Å²) in [6.45, 7) is 19.6. The average molecular weight is 701 g/mol.